The molecule has 4 fully saturated rings. The second-order valence-corrected chi connectivity index (χ2v) is 14.0. The molecular weight excluding hydrogens is 514 g/mol. The molecule has 0 aliphatic heterocycles. The third-order valence-electron chi connectivity index (χ3n) is 12.1. The van der Waals surface area contributed by atoms with Crippen LogP contribution in [0.5, 0.6) is 0 Å². The van der Waals surface area contributed by atoms with Crippen LogP contribution in [0.1, 0.15) is 104 Å². The van der Waals surface area contributed by atoms with Crippen LogP contribution in [-0.4, -0.2) is 51.3 Å². The molecule has 4 saturated carbocycles. The number of fused-ring (bicyclic) bond motifs is 5. The molecule has 0 spiro atoms. The van der Waals surface area contributed by atoms with Crippen molar-refractivity contribution in [3.8, 4) is 0 Å². The van der Waals surface area contributed by atoms with Gasteiger partial charge in [0.25, 0.3) is 0 Å². The van der Waals surface area contributed by atoms with Gasteiger partial charge < -0.3 is 25.8 Å². The van der Waals surface area contributed by atoms with Crippen LogP contribution in [-0.2, 0) is 23.9 Å². The largest absolute Gasteiger partial charge is 0.481 e. The minimum atomic E-state index is -1.33. The lowest BCUT2D eigenvalue weighted by atomic mass is 9.44. The summed E-state index contributed by atoms with van der Waals surface area (Å²) in [5, 5.41) is 27.5. The molecule has 40 heavy (non-hydrogen) atoms. The van der Waals surface area contributed by atoms with Crippen LogP contribution in [0.25, 0.3) is 0 Å². The first-order valence-electron chi connectivity index (χ1n) is 15.4. The van der Waals surface area contributed by atoms with Crippen LogP contribution in [0.4, 0.5) is 0 Å². The van der Waals surface area contributed by atoms with E-state index in [1.54, 1.807) is 0 Å². The number of rotatable bonds is 11. The van der Waals surface area contributed by atoms with E-state index in [0.29, 0.717) is 41.9 Å². The number of ether oxygens (including phenoxy) is 1. The van der Waals surface area contributed by atoms with Gasteiger partial charge in [-0.25, -0.2) is 0 Å². The standard InChI is InChI=1S/C31H49NO8/c1-17(4-6-21(27(35)36)28(37)38)22-8-9-23-20-7-5-18-16-19(40-29(39)25(32)10-11-26(33)34)12-14-30(18,2)24(20)13-15-31(22,23)3/h17-25H,4-16,32H2,1-3H3,(H,33,34)(H,35,36)(H,37,38)/t17-,18-,19-,20+,22?,23+,24+,25-,30+,31-/m1/s1. The zero-order valence-corrected chi connectivity index (χ0v) is 24.3. The number of carbonyl (C=O) groups excluding carboxylic acids is 1. The average Bonchev–Trinajstić information content (AvgIpc) is 3.24. The number of carbonyl (C=O) groups is 4. The van der Waals surface area contributed by atoms with Gasteiger partial charge in [0.2, 0.25) is 0 Å². The summed E-state index contributed by atoms with van der Waals surface area (Å²) in [5.74, 6) is -2.01. The number of aliphatic carboxylic acids is 3. The van der Waals surface area contributed by atoms with E-state index < -0.39 is 35.8 Å². The van der Waals surface area contributed by atoms with Crippen molar-refractivity contribution in [2.24, 2.45) is 58.0 Å². The maximum absolute atomic E-state index is 12.5. The van der Waals surface area contributed by atoms with Gasteiger partial charge >= 0.3 is 23.9 Å². The minimum absolute atomic E-state index is 0.0885. The highest BCUT2D eigenvalue weighted by atomic mass is 16.5. The van der Waals surface area contributed by atoms with Crippen molar-refractivity contribution in [1.29, 1.82) is 0 Å². The van der Waals surface area contributed by atoms with Crippen LogP contribution in [0.2, 0.25) is 0 Å². The molecule has 0 amide bonds. The van der Waals surface area contributed by atoms with E-state index in [0.717, 1.165) is 38.5 Å². The summed E-state index contributed by atoms with van der Waals surface area (Å²) < 4.78 is 5.78. The van der Waals surface area contributed by atoms with Gasteiger partial charge in [0.05, 0.1) is 0 Å². The number of esters is 1. The smallest absolute Gasteiger partial charge is 0.323 e. The molecule has 0 aromatic carbocycles. The monoisotopic (exact) mass is 563 g/mol. The number of hydrogen-bond donors (Lipinski definition) is 4. The maximum atomic E-state index is 12.5. The second-order valence-electron chi connectivity index (χ2n) is 14.0. The van der Waals surface area contributed by atoms with Crippen LogP contribution in [0.15, 0.2) is 0 Å². The van der Waals surface area contributed by atoms with Crippen molar-refractivity contribution in [3.05, 3.63) is 0 Å². The Kier molecular flexibility index (Phi) is 9.22. The summed E-state index contributed by atoms with van der Waals surface area (Å²) in [6.45, 7) is 7.10. The molecule has 0 aromatic heterocycles. The second kappa shape index (κ2) is 12.0. The van der Waals surface area contributed by atoms with E-state index in [9.17, 15) is 29.4 Å². The van der Waals surface area contributed by atoms with E-state index >= 15 is 0 Å². The van der Waals surface area contributed by atoms with Crippen molar-refractivity contribution < 1.29 is 39.2 Å². The van der Waals surface area contributed by atoms with Gasteiger partial charge in [-0.15, -0.1) is 0 Å². The van der Waals surface area contributed by atoms with Gasteiger partial charge in [0, 0.05) is 6.42 Å². The molecule has 0 saturated heterocycles. The SMILES string of the molecule is C[C@H](CCC(C(=O)O)C(=O)O)C1CC[C@H]2[C@@H]3CC[C@@H]4C[C@H](OC(=O)[C@H](N)CCC(=O)O)CC[C@]4(C)[C@H]3CC[C@]12C. The van der Waals surface area contributed by atoms with Crippen LogP contribution < -0.4 is 5.73 Å². The van der Waals surface area contributed by atoms with E-state index in [-0.39, 0.29) is 36.2 Å². The summed E-state index contributed by atoms with van der Waals surface area (Å²) >= 11 is 0. The molecule has 4 rings (SSSR count). The van der Waals surface area contributed by atoms with Gasteiger partial charge in [-0.1, -0.05) is 20.8 Å². The van der Waals surface area contributed by atoms with E-state index in [1.165, 1.54) is 19.3 Å². The zero-order chi connectivity index (χ0) is 29.4. The minimum Gasteiger partial charge on any atom is -0.481 e. The van der Waals surface area contributed by atoms with Crippen molar-refractivity contribution in [2.45, 2.75) is 116 Å². The fraction of sp³-hybridized carbons (Fsp3) is 0.871. The first-order valence-corrected chi connectivity index (χ1v) is 15.4. The fourth-order valence-corrected chi connectivity index (χ4v) is 9.93. The molecule has 0 aromatic rings. The van der Waals surface area contributed by atoms with Crippen LogP contribution >= 0.6 is 0 Å². The van der Waals surface area contributed by atoms with Crippen molar-refractivity contribution in [1.82, 2.24) is 0 Å². The Balaban J connectivity index is 1.36. The summed E-state index contributed by atoms with van der Waals surface area (Å²) in [7, 11) is 0. The highest BCUT2D eigenvalue weighted by molar-refractivity contribution is 5.92. The highest BCUT2D eigenvalue weighted by Crippen LogP contribution is 2.68. The predicted molar refractivity (Wildman–Crippen MR) is 147 cm³/mol. The molecule has 9 nitrogen and oxygen atoms in total. The lowest BCUT2D eigenvalue weighted by molar-refractivity contribution is -0.164. The summed E-state index contributed by atoms with van der Waals surface area (Å²) in [5.41, 5.74) is 6.33. The third kappa shape index (κ3) is 5.90. The Bertz CT molecular complexity index is 970. The zero-order valence-electron chi connectivity index (χ0n) is 24.3. The molecule has 4 aliphatic carbocycles. The molecule has 5 N–H and O–H groups in total. The van der Waals surface area contributed by atoms with Gasteiger partial charge in [-0.05, 0) is 123 Å². The van der Waals surface area contributed by atoms with E-state index in [2.05, 4.69) is 20.8 Å². The molecule has 10 atom stereocenters. The molecule has 0 bridgehead atoms. The molecule has 4 aliphatic rings. The lowest BCUT2D eigenvalue weighted by Crippen LogP contribution is -2.54. The summed E-state index contributed by atoms with van der Waals surface area (Å²) in [6, 6.07) is -0.895. The number of carboxylic acids is 3. The molecule has 9 heteroatoms. The normalized spacial score (nSPS) is 38.4. The number of carboxylic acid groups (broad SMARTS) is 3. The topological polar surface area (TPSA) is 164 Å². The average molecular weight is 564 g/mol. The predicted octanol–water partition coefficient (Wildman–Crippen LogP) is 4.95. The van der Waals surface area contributed by atoms with Crippen molar-refractivity contribution in [2.75, 3.05) is 0 Å². The Morgan fingerprint density at radius 2 is 1.50 bits per heavy atom. The fourth-order valence-electron chi connectivity index (χ4n) is 9.93. The maximum Gasteiger partial charge on any atom is 0.323 e. The van der Waals surface area contributed by atoms with Crippen LogP contribution in [0.3, 0.4) is 0 Å². The van der Waals surface area contributed by atoms with E-state index in [4.69, 9.17) is 15.6 Å². The van der Waals surface area contributed by atoms with Crippen LogP contribution in [0, 0.1) is 52.3 Å². The van der Waals surface area contributed by atoms with Gasteiger partial charge in [-0.3, -0.25) is 19.2 Å². The highest BCUT2D eigenvalue weighted by Gasteiger charge is 2.60. The van der Waals surface area contributed by atoms with Crippen molar-refractivity contribution >= 4 is 23.9 Å². The number of hydrogen-bond acceptors (Lipinski definition) is 6. The molecule has 0 heterocycles. The van der Waals surface area contributed by atoms with Gasteiger partial charge in [0.1, 0.15) is 12.1 Å². The van der Waals surface area contributed by atoms with Gasteiger partial charge in [0.15, 0.2) is 5.92 Å². The molecular formula is C31H49NO8. The summed E-state index contributed by atoms with van der Waals surface area (Å²) in [4.78, 5) is 46.1. The Morgan fingerprint density at radius 1 is 0.850 bits per heavy atom. The quantitative estimate of drug-likeness (QED) is 0.201. The lowest BCUT2D eigenvalue weighted by Gasteiger charge is -2.61. The van der Waals surface area contributed by atoms with E-state index in [1.807, 2.05) is 0 Å². The number of nitrogens with two attached hydrogens (primary N) is 1. The molecule has 1 unspecified atom stereocenters. The third-order valence-corrected chi connectivity index (χ3v) is 12.1. The Labute approximate surface area is 237 Å². The first kappa shape index (κ1) is 30.8. The van der Waals surface area contributed by atoms with Gasteiger partial charge in [-0.2, -0.15) is 0 Å². The molecule has 226 valence electrons. The Hall–Kier alpha value is -2.16. The summed E-state index contributed by atoms with van der Waals surface area (Å²) in [6.07, 6.45) is 10.3. The van der Waals surface area contributed by atoms with Crippen molar-refractivity contribution in [3.63, 3.8) is 0 Å². The molecule has 0 radical (unpaired) electrons. The Morgan fingerprint density at radius 3 is 2.15 bits per heavy atom. The first-order chi connectivity index (χ1) is 18.8.